The molecule has 0 spiro atoms. The molecular weight excluding hydrogens is 244 g/mol. The minimum atomic E-state index is 0.336. The molecule has 0 fully saturated rings. The summed E-state index contributed by atoms with van der Waals surface area (Å²) in [5.41, 5.74) is 8.16. The number of anilines is 1. The molecule has 4 heteroatoms. The normalized spacial score (nSPS) is 12.2. The van der Waals surface area contributed by atoms with Gasteiger partial charge in [-0.05, 0) is 43.4 Å². The summed E-state index contributed by atoms with van der Waals surface area (Å²) in [7, 11) is 1.69. The van der Waals surface area contributed by atoms with E-state index in [9.17, 15) is 0 Å². The highest BCUT2D eigenvalue weighted by atomic mass is 32.2. The van der Waals surface area contributed by atoms with Crippen molar-refractivity contribution in [2.75, 3.05) is 31.0 Å². The summed E-state index contributed by atoms with van der Waals surface area (Å²) >= 11 is 1.88. The fourth-order valence-corrected chi connectivity index (χ4v) is 2.28. The van der Waals surface area contributed by atoms with Gasteiger partial charge in [0, 0.05) is 24.3 Å². The van der Waals surface area contributed by atoms with E-state index in [-0.39, 0.29) is 0 Å². The Labute approximate surface area is 114 Å². The third kappa shape index (κ3) is 4.78. The van der Waals surface area contributed by atoms with Crippen LogP contribution in [0.3, 0.4) is 0 Å². The minimum Gasteiger partial charge on any atom is -0.497 e. The van der Waals surface area contributed by atoms with Gasteiger partial charge in [-0.25, -0.2) is 0 Å². The quantitative estimate of drug-likeness (QED) is 0.712. The molecule has 1 aromatic carbocycles. The second kappa shape index (κ2) is 8.27. The van der Waals surface area contributed by atoms with E-state index in [1.165, 1.54) is 17.7 Å². The lowest BCUT2D eigenvalue weighted by Gasteiger charge is -2.20. The maximum atomic E-state index is 5.82. The van der Waals surface area contributed by atoms with E-state index < -0.39 is 0 Å². The van der Waals surface area contributed by atoms with Crippen molar-refractivity contribution in [3.63, 3.8) is 0 Å². The van der Waals surface area contributed by atoms with Crippen LogP contribution in [-0.2, 0) is 0 Å². The van der Waals surface area contributed by atoms with Crippen molar-refractivity contribution >= 4 is 17.4 Å². The van der Waals surface area contributed by atoms with Crippen LogP contribution in [0.5, 0.6) is 5.75 Å². The molecule has 18 heavy (non-hydrogen) atoms. The van der Waals surface area contributed by atoms with Crippen LogP contribution in [0.2, 0.25) is 0 Å². The Morgan fingerprint density at radius 2 is 2.22 bits per heavy atom. The van der Waals surface area contributed by atoms with Crippen molar-refractivity contribution in [2.24, 2.45) is 5.73 Å². The first-order valence-corrected chi connectivity index (χ1v) is 7.70. The minimum absolute atomic E-state index is 0.336. The second-order valence-corrected chi connectivity index (χ2v) is 5.38. The molecule has 1 rings (SSSR count). The lowest BCUT2D eigenvalue weighted by molar-refractivity contribution is 0.415. The molecule has 1 unspecified atom stereocenters. The molecule has 0 aliphatic heterocycles. The first-order chi connectivity index (χ1) is 8.71. The first kappa shape index (κ1) is 15.2. The predicted molar refractivity (Wildman–Crippen MR) is 81.8 cm³/mol. The topological polar surface area (TPSA) is 47.3 Å². The van der Waals surface area contributed by atoms with E-state index in [2.05, 4.69) is 24.6 Å². The zero-order valence-corrected chi connectivity index (χ0v) is 12.3. The lowest BCUT2D eigenvalue weighted by Crippen LogP contribution is -2.29. The number of nitrogens with one attached hydrogen (secondary N) is 1. The van der Waals surface area contributed by atoms with Crippen LogP contribution in [0.1, 0.15) is 18.4 Å². The number of rotatable bonds is 8. The van der Waals surface area contributed by atoms with Gasteiger partial charge in [0.05, 0.1) is 7.11 Å². The highest BCUT2D eigenvalue weighted by Crippen LogP contribution is 2.23. The Bertz CT molecular complexity index is 358. The Morgan fingerprint density at radius 3 is 2.83 bits per heavy atom. The standard InChI is InChI=1S/C14H24N2OS/c1-11-6-7-13(17-2)9-14(11)16-12(10-15)5-4-8-18-3/h6-7,9,12,16H,4-5,8,10,15H2,1-3H3. The maximum Gasteiger partial charge on any atom is 0.120 e. The largest absolute Gasteiger partial charge is 0.497 e. The molecule has 0 amide bonds. The van der Waals surface area contributed by atoms with E-state index in [1.807, 2.05) is 23.9 Å². The third-order valence-corrected chi connectivity index (χ3v) is 3.69. The Hall–Kier alpha value is -0.870. The average molecular weight is 268 g/mol. The molecule has 0 heterocycles. The van der Waals surface area contributed by atoms with Gasteiger partial charge in [-0.3, -0.25) is 0 Å². The number of nitrogens with two attached hydrogens (primary N) is 1. The highest BCUT2D eigenvalue weighted by Gasteiger charge is 2.08. The number of methoxy groups -OCH3 is 1. The summed E-state index contributed by atoms with van der Waals surface area (Å²) in [5, 5.41) is 3.52. The van der Waals surface area contributed by atoms with Crippen LogP contribution < -0.4 is 15.8 Å². The van der Waals surface area contributed by atoms with E-state index >= 15 is 0 Å². The van der Waals surface area contributed by atoms with E-state index in [1.54, 1.807) is 7.11 Å². The van der Waals surface area contributed by atoms with Gasteiger partial charge in [0.15, 0.2) is 0 Å². The first-order valence-electron chi connectivity index (χ1n) is 6.31. The summed E-state index contributed by atoms with van der Waals surface area (Å²) in [6, 6.07) is 6.41. The van der Waals surface area contributed by atoms with Gasteiger partial charge >= 0.3 is 0 Å². The van der Waals surface area contributed by atoms with Crippen molar-refractivity contribution < 1.29 is 4.74 Å². The van der Waals surface area contributed by atoms with Gasteiger partial charge in [-0.1, -0.05) is 6.07 Å². The Morgan fingerprint density at radius 1 is 1.44 bits per heavy atom. The molecule has 0 aliphatic carbocycles. The molecule has 0 saturated heterocycles. The highest BCUT2D eigenvalue weighted by molar-refractivity contribution is 7.98. The Kier molecular flexibility index (Phi) is 6.98. The van der Waals surface area contributed by atoms with Crippen LogP contribution >= 0.6 is 11.8 Å². The summed E-state index contributed by atoms with van der Waals surface area (Å²) in [4.78, 5) is 0. The van der Waals surface area contributed by atoms with Gasteiger partial charge in [-0.15, -0.1) is 0 Å². The molecule has 1 atom stereocenters. The van der Waals surface area contributed by atoms with E-state index in [0.29, 0.717) is 12.6 Å². The second-order valence-electron chi connectivity index (χ2n) is 4.39. The molecule has 3 N–H and O–H groups in total. The molecular formula is C14H24N2OS. The molecule has 0 bridgehead atoms. The number of hydrogen-bond acceptors (Lipinski definition) is 4. The lowest BCUT2D eigenvalue weighted by atomic mass is 10.1. The average Bonchev–Trinajstić information content (AvgIpc) is 2.40. The Balaban J connectivity index is 2.62. The van der Waals surface area contributed by atoms with Crippen molar-refractivity contribution in [3.8, 4) is 5.75 Å². The van der Waals surface area contributed by atoms with Crippen molar-refractivity contribution in [3.05, 3.63) is 23.8 Å². The van der Waals surface area contributed by atoms with Gasteiger partial charge < -0.3 is 15.8 Å². The van der Waals surface area contributed by atoms with Gasteiger partial charge in [0.25, 0.3) is 0 Å². The van der Waals surface area contributed by atoms with Crippen LogP contribution in [-0.4, -0.2) is 31.7 Å². The summed E-state index contributed by atoms with van der Waals surface area (Å²) in [6.45, 7) is 2.75. The van der Waals surface area contributed by atoms with Crippen LogP contribution in [0, 0.1) is 6.92 Å². The fraction of sp³-hybridized carbons (Fsp3) is 0.571. The predicted octanol–water partition coefficient (Wildman–Crippen LogP) is 2.89. The molecule has 102 valence electrons. The molecule has 0 saturated carbocycles. The van der Waals surface area contributed by atoms with Crippen LogP contribution in [0.25, 0.3) is 0 Å². The third-order valence-electron chi connectivity index (χ3n) is 2.99. The zero-order chi connectivity index (χ0) is 13.4. The van der Waals surface area contributed by atoms with E-state index in [0.717, 1.165) is 17.9 Å². The molecule has 1 aromatic rings. The van der Waals surface area contributed by atoms with Gasteiger partial charge in [-0.2, -0.15) is 11.8 Å². The van der Waals surface area contributed by atoms with Crippen molar-refractivity contribution in [2.45, 2.75) is 25.8 Å². The molecule has 3 nitrogen and oxygen atoms in total. The van der Waals surface area contributed by atoms with Crippen LogP contribution in [0.15, 0.2) is 18.2 Å². The van der Waals surface area contributed by atoms with Crippen molar-refractivity contribution in [1.82, 2.24) is 0 Å². The van der Waals surface area contributed by atoms with Gasteiger partial charge in [0.1, 0.15) is 5.75 Å². The van der Waals surface area contributed by atoms with Crippen molar-refractivity contribution in [1.29, 1.82) is 0 Å². The summed E-state index contributed by atoms with van der Waals surface area (Å²) < 4.78 is 5.25. The molecule has 0 aromatic heterocycles. The molecule has 0 radical (unpaired) electrons. The van der Waals surface area contributed by atoms with Crippen LogP contribution in [0.4, 0.5) is 5.69 Å². The SMILES string of the molecule is COc1ccc(C)c(NC(CN)CCCSC)c1. The fourth-order valence-electron chi connectivity index (χ4n) is 1.83. The monoisotopic (exact) mass is 268 g/mol. The summed E-state index contributed by atoms with van der Waals surface area (Å²) in [6.07, 6.45) is 4.43. The number of aryl methyl sites for hydroxylation is 1. The van der Waals surface area contributed by atoms with Gasteiger partial charge in [0.2, 0.25) is 0 Å². The maximum absolute atomic E-state index is 5.82. The molecule has 0 aliphatic rings. The van der Waals surface area contributed by atoms with E-state index in [4.69, 9.17) is 10.5 Å². The smallest absolute Gasteiger partial charge is 0.120 e. The number of benzene rings is 1. The zero-order valence-electron chi connectivity index (χ0n) is 11.5. The summed E-state index contributed by atoms with van der Waals surface area (Å²) in [5.74, 6) is 2.07. The number of thioether (sulfide) groups is 1. The number of ether oxygens (including phenoxy) is 1. The number of hydrogen-bond donors (Lipinski definition) is 2.